The van der Waals surface area contributed by atoms with Gasteiger partial charge in [-0.2, -0.15) is 12.6 Å². The predicted molar refractivity (Wildman–Crippen MR) is 66.2 cm³/mol. The highest BCUT2D eigenvalue weighted by Crippen LogP contribution is 2.15. The van der Waals surface area contributed by atoms with E-state index >= 15 is 0 Å². The van der Waals surface area contributed by atoms with Crippen molar-refractivity contribution in [3.63, 3.8) is 0 Å². The number of likely N-dealkylation sites (tertiary alicyclic amines) is 1. The summed E-state index contributed by atoms with van der Waals surface area (Å²) < 4.78 is 0. The lowest BCUT2D eigenvalue weighted by Gasteiger charge is -2.36. The quantitative estimate of drug-likeness (QED) is 0.713. The number of thiol groups is 1. The van der Waals surface area contributed by atoms with Crippen LogP contribution in [0.4, 0.5) is 0 Å². The summed E-state index contributed by atoms with van der Waals surface area (Å²) in [6.45, 7) is 6.04. The zero-order valence-corrected chi connectivity index (χ0v) is 10.6. The van der Waals surface area contributed by atoms with E-state index in [0.29, 0.717) is 0 Å². The molecule has 14 heavy (non-hydrogen) atoms. The third kappa shape index (κ3) is 3.79. The maximum absolute atomic E-state index is 4.33. The maximum atomic E-state index is 4.33. The summed E-state index contributed by atoms with van der Waals surface area (Å²) in [7, 11) is 4.38. The van der Waals surface area contributed by atoms with Crippen LogP contribution >= 0.6 is 12.6 Å². The second-order valence-electron chi connectivity index (χ2n) is 4.78. The third-order valence-corrected chi connectivity index (χ3v) is 3.79. The summed E-state index contributed by atoms with van der Waals surface area (Å²) >= 11 is 4.33. The van der Waals surface area contributed by atoms with E-state index in [9.17, 15) is 0 Å². The van der Waals surface area contributed by atoms with Gasteiger partial charge in [0.05, 0.1) is 0 Å². The molecule has 1 aliphatic heterocycles. The minimum absolute atomic E-state index is 0.731. The minimum Gasteiger partial charge on any atom is -0.306 e. The van der Waals surface area contributed by atoms with E-state index < -0.39 is 0 Å². The molecule has 0 aromatic heterocycles. The van der Waals surface area contributed by atoms with Crippen LogP contribution in [0.2, 0.25) is 0 Å². The third-order valence-electron chi connectivity index (χ3n) is 3.17. The van der Waals surface area contributed by atoms with Gasteiger partial charge in [0.15, 0.2) is 0 Å². The van der Waals surface area contributed by atoms with Crippen LogP contribution in [0.25, 0.3) is 0 Å². The molecule has 1 heterocycles. The van der Waals surface area contributed by atoms with Gasteiger partial charge in [-0.15, -0.1) is 0 Å². The summed E-state index contributed by atoms with van der Waals surface area (Å²) in [5.41, 5.74) is 0. The highest BCUT2D eigenvalue weighted by Gasteiger charge is 2.20. The van der Waals surface area contributed by atoms with Crippen molar-refractivity contribution < 1.29 is 0 Å². The number of hydrogen-bond donors (Lipinski definition) is 1. The molecule has 0 amide bonds. The van der Waals surface area contributed by atoms with E-state index in [1.54, 1.807) is 0 Å². The van der Waals surface area contributed by atoms with Crippen molar-refractivity contribution in [1.29, 1.82) is 0 Å². The molecule has 0 N–H and O–H groups in total. The second-order valence-corrected chi connectivity index (χ2v) is 5.15. The van der Waals surface area contributed by atoms with Gasteiger partial charge in [0, 0.05) is 12.6 Å². The topological polar surface area (TPSA) is 6.48 Å². The standard InChI is InChI=1S/C11H24N2S/c1-10(9-14)8-13-6-4-11(5-7-13)12(2)3/h10-11,14H,4-9H2,1-3H3. The van der Waals surface area contributed by atoms with E-state index in [2.05, 4.69) is 43.4 Å². The Morgan fingerprint density at radius 3 is 2.36 bits per heavy atom. The molecule has 84 valence electrons. The number of rotatable bonds is 4. The van der Waals surface area contributed by atoms with Gasteiger partial charge in [-0.1, -0.05) is 6.92 Å². The Hall–Kier alpha value is 0.270. The number of piperidine rings is 1. The molecular formula is C11H24N2S. The lowest BCUT2D eigenvalue weighted by molar-refractivity contribution is 0.135. The van der Waals surface area contributed by atoms with Crippen molar-refractivity contribution >= 4 is 12.6 Å². The van der Waals surface area contributed by atoms with Crippen molar-refractivity contribution in [2.75, 3.05) is 39.5 Å². The molecule has 2 nitrogen and oxygen atoms in total. The molecule has 1 rings (SSSR count). The van der Waals surface area contributed by atoms with E-state index in [1.807, 2.05) is 0 Å². The highest BCUT2D eigenvalue weighted by molar-refractivity contribution is 7.80. The van der Waals surface area contributed by atoms with Crippen LogP contribution in [0.1, 0.15) is 19.8 Å². The van der Waals surface area contributed by atoms with Gasteiger partial charge in [0.2, 0.25) is 0 Å². The van der Waals surface area contributed by atoms with Crippen LogP contribution in [0.5, 0.6) is 0 Å². The Morgan fingerprint density at radius 1 is 1.36 bits per heavy atom. The summed E-state index contributed by atoms with van der Waals surface area (Å²) in [6.07, 6.45) is 2.65. The monoisotopic (exact) mass is 216 g/mol. The van der Waals surface area contributed by atoms with Gasteiger partial charge in [-0.3, -0.25) is 0 Å². The minimum atomic E-state index is 0.731. The molecule has 1 fully saturated rings. The predicted octanol–water partition coefficient (Wildman–Crippen LogP) is 1.58. The van der Waals surface area contributed by atoms with Crippen molar-refractivity contribution in [3.8, 4) is 0 Å². The molecule has 0 bridgehead atoms. The normalized spacial score (nSPS) is 22.9. The zero-order valence-electron chi connectivity index (χ0n) is 9.74. The van der Waals surface area contributed by atoms with E-state index in [4.69, 9.17) is 0 Å². The Kier molecular flexibility index (Phi) is 5.28. The first kappa shape index (κ1) is 12.3. The van der Waals surface area contributed by atoms with Gasteiger partial charge in [0.25, 0.3) is 0 Å². The summed E-state index contributed by atoms with van der Waals surface area (Å²) in [5, 5.41) is 0. The lowest BCUT2D eigenvalue weighted by Crippen LogP contribution is -2.43. The first-order chi connectivity index (χ1) is 6.63. The summed E-state index contributed by atoms with van der Waals surface area (Å²) in [4.78, 5) is 4.94. The largest absolute Gasteiger partial charge is 0.306 e. The van der Waals surface area contributed by atoms with Gasteiger partial charge in [-0.05, 0) is 51.7 Å². The molecule has 0 spiro atoms. The van der Waals surface area contributed by atoms with Gasteiger partial charge in [-0.25, -0.2) is 0 Å². The fourth-order valence-electron chi connectivity index (χ4n) is 2.12. The average Bonchev–Trinajstić information content (AvgIpc) is 2.18. The van der Waals surface area contributed by atoms with Crippen LogP contribution in [-0.4, -0.2) is 55.3 Å². The average molecular weight is 216 g/mol. The van der Waals surface area contributed by atoms with Gasteiger partial charge >= 0.3 is 0 Å². The summed E-state index contributed by atoms with van der Waals surface area (Å²) in [6, 6.07) is 0.803. The van der Waals surface area contributed by atoms with Crippen molar-refractivity contribution in [3.05, 3.63) is 0 Å². The molecule has 3 heteroatoms. The van der Waals surface area contributed by atoms with Crippen molar-refractivity contribution in [2.24, 2.45) is 5.92 Å². The van der Waals surface area contributed by atoms with Crippen LogP contribution in [-0.2, 0) is 0 Å². The highest BCUT2D eigenvalue weighted by atomic mass is 32.1. The maximum Gasteiger partial charge on any atom is 0.0113 e. The molecule has 0 saturated carbocycles. The van der Waals surface area contributed by atoms with Gasteiger partial charge in [0.1, 0.15) is 0 Å². The Morgan fingerprint density at radius 2 is 1.93 bits per heavy atom. The lowest BCUT2D eigenvalue weighted by atomic mass is 10.0. The molecule has 0 aromatic rings. The molecule has 1 unspecified atom stereocenters. The van der Waals surface area contributed by atoms with Crippen LogP contribution in [0.15, 0.2) is 0 Å². The first-order valence-corrected chi connectivity index (χ1v) is 6.26. The van der Waals surface area contributed by atoms with Crippen molar-refractivity contribution in [2.45, 2.75) is 25.8 Å². The van der Waals surface area contributed by atoms with Crippen molar-refractivity contribution in [1.82, 2.24) is 9.80 Å². The zero-order chi connectivity index (χ0) is 10.6. The number of hydrogen-bond acceptors (Lipinski definition) is 3. The van der Waals surface area contributed by atoms with Crippen LogP contribution in [0, 0.1) is 5.92 Å². The van der Waals surface area contributed by atoms with E-state index in [1.165, 1.54) is 32.5 Å². The smallest absolute Gasteiger partial charge is 0.0113 e. The Balaban J connectivity index is 2.22. The molecule has 1 saturated heterocycles. The Labute approximate surface area is 94.1 Å². The van der Waals surface area contributed by atoms with E-state index in [0.717, 1.165) is 17.7 Å². The van der Waals surface area contributed by atoms with Crippen LogP contribution in [0.3, 0.4) is 0 Å². The number of nitrogens with zero attached hydrogens (tertiary/aromatic N) is 2. The van der Waals surface area contributed by atoms with Gasteiger partial charge < -0.3 is 9.80 Å². The SMILES string of the molecule is CC(CS)CN1CCC(N(C)C)CC1. The fourth-order valence-corrected chi connectivity index (χ4v) is 2.23. The molecule has 0 aromatic carbocycles. The second kappa shape index (κ2) is 5.99. The molecule has 1 atom stereocenters. The molecular weight excluding hydrogens is 192 g/mol. The molecule has 0 aliphatic carbocycles. The Bertz CT molecular complexity index is 153. The molecule has 0 radical (unpaired) electrons. The molecule has 1 aliphatic rings. The first-order valence-electron chi connectivity index (χ1n) is 5.63. The van der Waals surface area contributed by atoms with E-state index in [-0.39, 0.29) is 0 Å². The fraction of sp³-hybridized carbons (Fsp3) is 1.00. The summed E-state index contributed by atoms with van der Waals surface area (Å²) in [5.74, 6) is 1.74. The van der Waals surface area contributed by atoms with Crippen LogP contribution < -0.4 is 0 Å².